The van der Waals surface area contributed by atoms with Crippen LogP contribution in [0, 0.1) is 0 Å². The number of para-hydroxylation sites is 1. The summed E-state index contributed by atoms with van der Waals surface area (Å²) >= 11 is 0. The number of hydrogen-bond acceptors (Lipinski definition) is 4. The molecular weight excluding hydrogens is 390 g/mol. The van der Waals surface area contributed by atoms with E-state index in [1.165, 1.54) is 12.8 Å². The van der Waals surface area contributed by atoms with Crippen LogP contribution in [0.2, 0.25) is 0 Å². The lowest BCUT2D eigenvalue weighted by Crippen LogP contribution is -2.30. The van der Waals surface area contributed by atoms with Crippen molar-refractivity contribution in [3.05, 3.63) is 78.4 Å². The Kier molecular flexibility index (Phi) is 5.18. The van der Waals surface area contributed by atoms with Crippen molar-refractivity contribution in [3.8, 4) is 17.1 Å². The second-order valence-corrected chi connectivity index (χ2v) is 7.61. The summed E-state index contributed by atoms with van der Waals surface area (Å²) in [6, 6.07) is 19.2. The van der Waals surface area contributed by atoms with Crippen LogP contribution in [-0.4, -0.2) is 37.5 Å². The molecule has 1 aliphatic carbocycles. The van der Waals surface area contributed by atoms with Crippen LogP contribution in [-0.2, 0) is 6.42 Å². The predicted octanol–water partition coefficient (Wildman–Crippen LogP) is 3.90. The van der Waals surface area contributed by atoms with E-state index in [-0.39, 0.29) is 6.03 Å². The Morgan fingerprint density at radius 2 is 1.87 bits per heavy atom. The Labute approximate surface area is 179 Å². The van der Waals surface area contributed by atoms with Crippen molar-refractivity contribution in [2.45, 2.75) is 25.2 Å². The van der Waals surface area contributed by atoms with Gasteiger partial charge in [0.05, 0.1) is 11.4 Å². The molecule has 1 fully saturated rings. The van der Waals surface area contributed by atoms with Crippen LogP contribution >= 0.6 is 0 Å². The molecule has 2 heterocycles. The SMILES string of the molecule is O=C(NCCc1ccn(-c2ccccc2)n1)Nc1ccc(-c2n[nH]c(C3CC3)n2)cc1. The van der Waals surface area contributed by atoms with Gasteiger partial charge in [-0.15, -0.1) is 0 Å². The zero-order valence-electron chi connectivity index (χ0n) is 17.0. The number of hydrogen-bond donors (Lipinski definition) is 3. The smallest absolute Gasteiger partial charge is 0.319 e. The number of urea groups is 1. The summed E-state index contributed by atoms with van der Waals surface area (Å²) in [5.41, 5.74) is 3.57. The van der Waals surface area contributed by atoms with Gasteiger partial charge in [0.15, 0.2) is 5.82 Å². The first-order valence-corrected chi connectivity index (χ1v) is 10.4. The van der Waals surface area contributed by atoms with Gasteiger partial charge >= 0.3 is 6.03 Å². The van der Waals surface area contributed by atoms with Gasteiger partial charge in [-0.25, -0.2) is 14.5 Å². The third-order valence-electron chi connectivity index (χ3n) is 5.20. The molecule has 3 N–H and O–H groups in total. The van der Waals surface area contributed by atoms with Crippen LogP contribution in [0.15, 0.2) is 66.9 Å². The largest absolute Gasteiger partial charge is 0.337 e. The summed E-state index contributed by atoms with van der Waals surface area (Å²) in [5, 5.41) is 17.6. The van der Waals surface area contributed by atoms with Crippen molar-refractivity contribution >= 4 is 11.7 Å². The number of amides is 2. The van der Waals surface area contributed by atoms with Gasteiger partial charge in [0.25, 0.3) is 0 Å². The Hall–Kier alpha value is -3.94. The first kappa shape index (κ1) is 19.0. The Bertz CT molecular complexity index is 1160. The van der Waals surface area contributed by atoms with Gasteiger partial charge in [0, 0.05) is 36.3 Å². The molecule has 5 rings (SSSR count). The predicted molar refractivity (Wildman–Crippen MR) is 118 cm³/mol. The van der Waals surface area contributed by atoms with E-state index in [9.17, 15) is 4.79 Å². The van der Waals surface area contributed by atoms with E-state index >= 15 is 0 Å². The molecule has 0 spiro atoms. The number of rotatable bonds is 7. The van der Waals surface area contributed by atoms with E-state index in [4.69, 9.17) is 0 Å². The second kappa shape index (κ2) is 8.43. The lowest BCUT2D eigenvalue weighted by atomic mass is 10.2. The number of aromatic amines is 1. The summed E-state index contributed by atoms with van der Waals surface area (Å²) in [5.74, 6) is 2.19. The van der Waals surface area contributed by atoms with E-state index in [1.54, 1.807) is 0 Å². The number of nitrogens with one attached hydrogen (secondary N) is 3. The van der Waals surface area contributed by atoms with Gasteiger partial charge in [-0.05, 0) is 55.3 Å². The summed E-state index contributed by atoms with van der Waals surface area (Å²) < 4.78 is 1.83. The number of carbonyl (C=O) groups excluding carboxylic acids is 1. The van der Waals surface area contributed by atoms with Gasteiger partial charge in [-0.1, -0.05) is 18.2 Å². The maximum absolute atomic E-state index is 12.2. The van der Waals surface area contributed by atoms with Crippen LogP contribution in [0.5, 0.6) is 0 Å². The molecular formula is C23H23N7O. The van der Waals surface area contributed by atoms with Crippen LogP contribution in [0.25, 0.3) is 17.1 Å². The minimum Gasteiger partial charge on any atom is -0.337 e. The molecule has 1 aliphatic rings. The number of aromatic nitrogens is 5. The van der Waals surface area contributed by atoms with E-state index in [0.717, 1.165) is 22.8 Å². The Morgan fingerprint density at radius 3 is 2.65 bits per heavy atom. The Morgan fingerprint density at radius 1 is 1.06 bits per heavy atom. The lowest BCUT2D eigenvalue weighted by Gasteiger charge is -2.07. The normalized spacial score (nSPS) is 13.2. The van der Waals surface area contributed by atoms with Crippen molar-refractivity contribution in [1.82, 2.24) is 30.3 Å². The minimum absolute atomic E-state index is 0.246. The van der Waals surface area contributed by atoms with Crippen molar-refractivity contribution in [2.75, 3.05) is 11.9 Å². The molecule has 0 bridgehead atoms. The molecule has 8 heteroatoms. The summed E-state index contributed by atoms with van der Waals surface area (Å²) in [6.45, 7) is 0.497. The maximum atomic E-state index is 12.2. The Balaban J connectivity index is 1.10. The second-order valence-electron chi connectivity index (χ2n) is 7.61. The molecule has 2 aromatic heterocycles. The number of nitrogens with zero attached hydrogens (tertiary/aromatic N) is 4. The van der Waals surface area contributed by atoms with Gasteiger partial charge < -0.3 is 10.6 Å². The van der Waals surface area contributed by atoms with Crippen molar-refractivity contribution in [2.24, 2.45) is 0 Å². The van der Waals surface area contributed by atoms with Crippen molar-refractivity contribution in [1.29, 1.82) is 0 Å². The van der Waals surface area contributed by atoms with Crippen LogP contribution in [0.3, 0.4) is 0 Å². The average Bonchev–Trinajstić information content (AvgIpc) is 3.33. The zero-order valence-corrected chi connectivity index (χ0v) is 17.0. The standard InChI is InChI=1S/C23H23N7O/c31-23(24-14-12-19-13-15-30(29-19)20-4-2-1-3-5-20)25-18-10-8-17(9-11-18)22-26-21(27-28-22)16-6-7-16/h1-5,8-11,13,15-16H,6-7,12,14H2,(H2,24,25,31)(H,26,27,28). The molecule has 1 saturated carbocycles. The van der Waals surface area contributed by atoms with E-state index in [2.05, 4.69) is 30.9 Å². The summed E-state index contributed by atoms with van der Waals surface area (Å²) in [7, 11) is 0. The van der Waals surface area contributed by atoms with Gasteiger partial charge in [0.1, 0.15) is 5.82 Å². The van der Waals surface area contributed by atoms with E-state index < -0.39 is 0 Å². The average molecular weight is 413 g/mol. The van der Waals surface area contributed by atoms with Crippen LogP contribution in [0.1, 0.15) is 30.3 Å². The molecule has 0 radical (unpaired) electrons. The maximum Gasteiger partial charge on any atom is 0.319 e. The van der Waals surface area contributed by atoms with Crippen molar-refractivity contribution in [3.63, 3.8) is 0 Å². The summed E-state index contributed by atoms with van der Waals surface area (Å²) in [6.07, 6.45) is 4.94. The van der Waals surface area contributed by atoms with Crippen LogP contribution in [0.4, 0.5) is 10.5 Å². The zero-order chi connectivity index (χ0) is 21.0. The van der Waals surface area contributed by atoms with Gasteiger partial charge in [-0.3, -0.25) is 5.10 Å². The lowest BCUT2D eigenvalue weighted by molar-refractivity contribution is 0.252. The molecule has 0 atom stereocenters. The number of H-pyrrole nitrogens is 1. The monoisotopic (exact) mass is 413 g/mol. The fourth-order valence-electron chi connectivity index (χ4n) is 3.34. The highest BCUT2D eigenvalue weighted by Crippen LogP contribution is 2.38. The van der Waals surface area contributed by atoms with E-state index in [0.29, 0.717) is 30.4 Å². The number of carbonyl (C=O) groups is 1. The quantitative estimate of drug-likeness (QED) is 0.428. The minimum atomic E-state index is -0.246. The fourth-order valence-corrected chi connectivity index (χ4v) is 3.34. The molecule has 0 unspecified atom stereocenters. The molecule has 8 nitrogen and oxygen atoms in total. The summed E-state index contributed by atoms with van der Waals surface area (Å²) in [4.78, 5) is 16.7. The first-order valence-electron chi connectivity index (χ1n) is 10.4. The molecule has 4 aromatic rings. The number of anilines is 1. The molecule has 0 aliphatic heterocycles. The van der Waals surface area contributed by atoms with Crippen LogP contribution < -0.4 is 10.6 Å². The van der Waals surface area contributed by atoms with Gasteiger partial charge in [0.2, 0.25) is 0 Å². The molecule has 2 aromatic carbocycles. The van der Waals surface area contributed by atoms with Crippen molar-refractivity contribution < 1.29 is 4.79 Å². The fraction of sp³-hybridized carbons (Fsp3) is 0.217. The van der Waals surface area contributed by atoms with Gasteiger partial charge in [-0.2, -0.15) is 10.2 Å². The molecule has 0 saturated heterocycles. The van der Waals surface area contributed by atoms with E-state index in [1.807, 2.05) is 71.5 Å². The topological polar surface area (TPSA) is 101 Å². The highest BCUT2D eigenvalue weighted by atomic mass is 16.2. The number of benzene rings is 2. The highest BCUT2D eigenvalue weighted by Gasteiger charge is 2.27. The molecule has 156 valence electrons. The third kappa shape index (κ3) is 4.63. The highest BCUT2D eigenvalue weighted by molar-refractivity contribution is 5.89. The third-order valence-corrected chi connectivity index (χ3v) is 5.20. The molecule has 31 heavy (non-hydrogen) atoms. The molecule has 2 amide bonds. The first-order chi connectivity index (χ1) is 15.2.